The Morgan fingerprint density at radius 2 is 2.22 bits per heavy atom. The van der Waals surface area contributed by atoms with Gasteiger partial charge in [0, 0.05) is 37.4 Å². The molecule has 1 heterocycles. The number of rotatable bonds is 6. The second-order valence-corrected chi connectivity index (χ2v) is 5.64. The summed E-state index contributed by atoms with van der Waals surface area (Å²) in [5.74, 6) is 0.846. The highest BCUT2D eigenvalue weighted by molar-refractivity contribution is 5.76. The van der Waals surface area contributed by atoms with Gasteiger partial charge >= 0.3 is 0 Å². The molecule has 4 heteroatoms. The largest absolute Gasteiger partial charge is 0.353 e. The van der Waals surface area contributed by atoms with Gasteiger partial charge in [-0.05, 0) is 43.2 Å². The van der Waals surface area contributed by atoms with Gasteiger partial charge in [-0.25, -0.2) is 0 Å². The van der Waals surface area contributed by atoms with Crippen molar-refractivity contribution in [3.05, 3.63) is 24.0 Å². The molecule has 1 aromatic heterocycles. The summed E-state index contributed by atoms with van der Waals surface area (Å²) < 4.78 is 2.07. The lowest BCUT2D eigenvalue weighted by molar-refractivity contribution is -0.121. The minimum atomic E-state index is 0.166. The zero-order chi connectivity index (χ0) is 12.5. The zero-order valence-corrected chi connectivity index (χ0v) is 10.6. The third kappa shape index (κ3) is 2.93. The normalized spacial score (nSPS) is 20.7. The molecule has 2 saturated carbocycles. The highest BCUT2D eigenvalue weighted by atomic mass is 16.1. The van der Waals surface area contributed by atoms with E-state index in [9.17, 15) is 4.79 Å². The third-order valence-corrected chi connectivity index (χ3v) is 3.83. The van der Waals surface area contributed by atoms with E-state index in [0.717, 1.165) is 19.4 Å². The number of carbonyl (C=O) groups is 1. The maximum Gasteiger partial charge on any atom is 0.222 e. The first-order chi connectivity index (χ1) is 8.72. The summed E-state index contributed by atoms with van der Waals surface area (Å²) in [6, 6.07) is 2.73. The molecule has 2 aliphatic rings. The number of aryl methyl sites for hydroxylation is 1. The van der Waals surface area contributed by atoms with Gasteiger partial charge < -0.3 is 15.6 Å². The van der Waals surface area contributed by atoms with E-state index >= 15 is 0 Å². The van der Waals surface area contributed by atoms with Crippen LogP contribution in [0.2, 0.25) is 0 Å². The first kappa shape index (κ1) is 11.8. The second-order valence-electron chi connectivity index (χ2n) is 5.64. The van der Waals surface area contributed by atoms with Crippen LogP contribution < -0.4 is 11.1 Å². The van der Waals surface area contributed by atoms with Crippen molar-refractivity contribution in [1.82, 2.24) is 9.88 Å². The molecule has 2 aliphatic carbocycles. The Labute approximate surface area is 108 Å². The lowest BCUT2D eigenvalue weighted by Gasteiger charge is -2.07. The summed E-state index contributed by atoms with van der Waals surface area (Å²) in [4.78, 5) is 11.6. The highest BCUT2D eigenvalue weighted by Gasteiger charge is 2.29. The fourth-order valence-corrected chi connectivity index (χ4v) is 2.28. The predicted molar refractivity (Wildman–Crippen MR) is 69.9 cm³/mol. The van der Waals surface area contributed by atoms with Crippen molar-refractivity contribution in [2.75, 3.05) is 0 Å². The standard InChI is InChI=1S/C14H21N3O/c15-14(10-1-2-10)11-5-7-17(9-11)8-6-13(18)16-12-3-4-12/h5,7,9-10,12,14H,1-4,6,8,15H2,(H,16,18). The number of nitrogens with two attached hydrogens (primary N) is 1. The van der Waals surface area contributed by atoms with Crippen LogP contribution in [0.5, 0.6) is 0 Å². The van der Waals surface area contributed by atoms with E-state index in [2.05, 4.69) is 22.1 Å². The summed E-state index contributed by atoms with van der Waals surface area (Å²) in [6.45, 7) is 0.746. The van der Waals surface area contributed by atoms with Gasteiger partial charge in [-0.15, -0.1) is 0 Å². The van der Waals surface area contributed by atoms with Gasteiger partial charge in [0.15, 0.2) is 0 Å². The van der Waals surface area contributed by atoms with Crippen molar-refractivity contribution in [2.24, 2.45) is 11.7 Å². The molecule has 1 atom stereocenters. The van der Waals surface area contributed by atoms with Gasteiger partial charge in [0.25, 0.3) is 0 Å². The maximum atomic E-state index is 11.6. The number of amides is 1. The number of aromatic nitrogens is 1. The maximum absolute atomic E-state index is 11.6. The molecule has 3 N–H and O–H groups in total. The minimum absolute atomic E-state index is 0.166. The van der Waals surface area contributed by atoms with Crippen LogP contribution in [0.4, 0.5) is 0 Å². The quantitative estimate of drug-likeness (QED) is 0.801. The molecule has 3 rings (SSSR count). The van der Waals surface area contributed by atoms with E-state index in [1.807, 2.05) is 6.20 Å². The van der Waals surface area contributed by atoms with Crippen LogP contribution in [-0.4, -0.2) is 16.5 Å². The van der Waals surface area contributed by atoms with E-state index in [1.54, 1.807) is 0 Å². The van der Waals surface area contributed by atoms with Crippen molar-refractivity contribution in [1.29, 1.82) is 0 Å². The van der Waals surface area contributed by atoms with E-state index < -0.39 is 0 Å². The van der Waals surface area contributed by atoms with Crippen molar-refractivity contribution in [3.63, 3.8) is 0 Å². The monoisotopic (exact) mass is 247 g/mol. The first-order valence-electron chi connectivity index (χ1n) is 6.93. The molecule has 1 aromatic rings. The Kier molecular flexibility index (Phi) is 3.12. The topological polar surface area (TPSA) is 60.0 Å². The molecule has 2 fully saturated rings. The smallest absolute Gasteiger partial charge is 0.222 e. The number of hydrogen-bond acceptors (Lipinski definition) is 2. The molecule has 4 nitrogen and oxygen atoms in total. The zero-order valence-electron chi connectivity index (χ0n) is 10.6. The van der Waals surface area contributed by atoms with E-state index in [4.69, 9.17) is 5.73 Å². The SMILES string of the molecule is NC(c1ccn(CCC(=O)NC2CC2)c1)C1CC1. The van der Waals surface area contributed by atoms with Crippen LogP contribution in [0.3, 0.4) is 0 Å². The molecule has 0 spiro atoms. The molecule has 18 heavy (non-hydrogen) atoms. The molecule has 0 aromatic carbocycles. The Morgan fingerprint density at radius 3 is 2.89 bits per heavy atom. The van der Waals surface area contributed by atoms with Crippen LogP contribution in [0.25, 0.3) is 0 Å². The van der Waals surface area contributed by atoms with Crippen LogP contribution >= 0.6 is 0 Å². The molecule has 0 radical (unpaired) electrons. The lowest BCUT2D eigenvalue weighted by atomic mass is 10.1. The van der Waals surface area contributed by atoms with Crippen LogP contribution in [0.1, 0.15) is 43.7 Å². The van der Waals surface area contributed by atoms with Crippen molar-refractivity contribution >= 4 is 5.91 Å². The number of carbonyl (C=O) groups excluding carboxylic acids is 1. The van der Waals surface area contributed by atoms with Gasteiger partial charge in [-0.1, -0.05) is 0 Å². The van der Waals surface area contributed by atoms with E-state index in [-0.39, 0.29) is 11.9 Å². The second kappa shape index (κ2) is 4.76. The minimum Gasteiger partial charge on any atom is -0.353 e. The molecular weight excluding hydrogens is 226 g/mol. The summed E-state index contributed by atoms with van der Waals surface area (Å²) >= 11 is 0. The average Bonchev–Trinajstić information content (AvgIpc) is 3.26. The van der Waals surface area contributed by atoms with Gasteiger partial charge in [0.1, 0.15) is 0 Å². The average molecular weight is 247 g/mol. The van der Waals surface area contributed by atoms with E-state index in [1.165, 1.54) is 18.4 Å². The van der Waals surface area contributed by atoms with Crippen molar-refractivity contribution in [2.45, 2.75) is 50.7 Å². The van der Waals surface area contributed by atoms with Crippen molar-refractivity contribution < 1.29 is 4.79 Å². The fourth-order valence-electron chi connectivity index (χ4n) is 2.28. The molecular formula is C14H21N3O. The molecule has 1 amide bonds. The molecule has 0 bridgehead atoms. The van der Waals surface area contributed by atoms with Crippen LogP contribution in [0, 0.1) is 5.92 Å². The van der Waals surface area contributed by atoms with Crippen LogP contribution in [-0.2, 0) is 11.3 Å². The van der Waals surface area contributed by atoms with Crippen molar-refractivity contribution in [3.8, 4) is 0 Å². The van der Waals surface area contributed by atoms with Gasteiger partial charge in [0.2, 0.25) is 5.91 Å². The number of nitrogens with zero attached hydrogens (tertiary/aromatic N) is 1. The Balaban J connectivity index is 1.48. The van der Waals surface area contributed by atoms with Gasteiger partial charge in [-0.2, -0.15) is 0 Å². The Bertz CT molecular complexity index is 432. The molecule has 98 valence electrons. The molecule has 1 unspecified atom stereocenters. The first-order valence-corrected chi connectivity index (χ1v) is 6.93. The number of nitrogens with one attached hydrogen (secondary N) is 1. The summed E-state index contributed by atoms with van der Waals surface area (Å²) in [7, 11) is 0. The van der Waals surface area contributed by atoms with Gasteiger partial charge in [0.05, 0.1) is 0 Å². The van der Waals surface area contributed by atoms with Gasteiger partial charge in [-0.3, -0.25) is 4.79 Å². The number of hydrogen-bond donors (Lipinski definition) is 2. The van der Waals surface area contributed by atoms with Crippen LogP contribution in [0.15, 0.2) is 18.5 Å². The molecule has 0 aliphatic heterocycles. The fraction of sp³-hybridized carbons (Fsp3) is 0.643. The third-order valence-electron chi connectivity index (χ3n) is 3.83. The highest BCUT2D eigenvalue weighted by Crippen LogP contribution is 2.39. The predicted octanol–water partition coefficient (Wildman–Crippen LogP) is 1.57. The Morgan fingerprint density at radius 1 is 1.44 bits per heavy atom. The summed E-state index contributed by atoms with van der Waals surface area (Å²) in [6.07, 6.45) is 9.50. The van der Waals surface area contributed by atoms with E-state index in [0.29, 0.717) is 18.4 Å². The lowest BCUT2D eigenvalue weighted by Crippen LogP contribution is -2.26. The summed E-state index contributed by atoms with van der Waals surface area (Å²) in [5, 5.41) is 3.00. The summed E-state index contributed by atoms with van der Waals surface area (Å²) in [5.41, 5.74) is 7.36. The molecule has 0 saturated heterocycles. The Hall–Kier alpha value is -1.29.